The minimum Gasteiger partial charge on any atom is -0.312 e. The highest BCUT2D eigenvalue weighted by Crippen LogP contribution is 2.43. The van der Waals surface area contributed by atoms with E-state index in [-0.39, 0.29) is 5.41 Å². The van der Waals surface area contributed by atoms with Gasteiger partial charge in [0.1, 0.15) is 0 Å². The maximum atomic E-state index is 5.65. The Morgan fingerprint density at radius 3 is 2.50 bits per heavy atom. The molecule has 1 saturated carbocycles. The molecule has 2 rings (SSSR count). The number of hydrogen-bond acceptors (Lipinski definition) is 1. The Morgan fingerprint density at radius 2 is 1.90 bits per heavy atom. The van der Waals surface area contributed by atoms with Crippen LogP contribution in [0, 0.1) is 12.3 Å². The molecule has 1 aromatic rings. The highest BCUT2D eigenvalue weighted by atomic mass is 14.9. The summed E-state index contributed by atoms with van der Waals surface area (Å²) >= 11 is 0. The third-order valence-corrected chi connectivity index (χ3v) is 4.72. The molecule has 0 radical (unpaired) electrons. The topological polar surface area (TPSA) is 12.0 Å². The van der Waals surface area contributed by atoms with Gasteiger partial charge < -0.3 is 5.32 Å². The minimum absolute atomic E-state index is 0.237. The van der Waals surface area contributed by atoms with Gasteiger partial charge in [-0.05, 0) is 31.4 Å². The van der Waals surface area contributed by atoms with Gasteiger partial charge in [-0.15, -0.1) is 12.3 Å². The van der Waals surface area contributed by atoms with Crippen molar-refractivity contribution in [2.75, 3.05) is 6.54 Å². The smallest absolute Gasteiger partial charge is 0.0273 e. The minimum atomic E-state index is 0.237. The maximum absolute atomic E-state index is 5.65. The number of rotatable bonds is 6. The molecule has 0 saturated heterocycles. The number of benzene rings is 1. The van der Waals surface area contributed by atoms with Crippen LogP contribution >= 0.6 is 0 Å². The summed E-state index contributed by atoms with van der Waals surface area (Å²) in [6, 6.07) is 11.4. The van der Waals surface area contributed by atoms with Crippen molar-refractivity contribution in [2.24, 2.45) is 0 Å². The van der Waals surface area contributed by atoms with Crippen LogP contribution in [0.4, 0.5) is 0 Å². The zero-order chi connectivity index (χ0) is 14.3. The van der Waals surface area contributed by atoms with Gasteiger partial charge in [0.15, 0.2) is 0 Å². The second-order valence-corrected chi connectivity index (χ2v) is 6.00. The summed E-state index contributed by atoms with van der Waals surface area (Å²) in [4.78, 5) is 0. The van der Waals surface area contributed by atoms with E-state index < -0.39 is 0 Å². The Balaban J connectivity index is 2.31. The summed E-state index contributed by atoms with van der Waals surface area (Å²) in [5.74, 6) is 2.91. The molecule has 1 heteroatoms. The molecule has 0 aromatic heterocycles. The molecular weight excluding hydrogens is 242 g/mol. The first kappa shape index (κ1) is 15.1. The highest BCUT2D eigenvalue weighted by Gasteiger charge is 2.40. The van der Waals surface area contributed by atoms with Crippen LogP contribution in [-0.2, 0) is 5.41 Å². The summed E-state index contributed by atoms with van der Waals surface area (Å²) < 4.78 is 0. The number of nitrogens with one attached hydrogen (secondary N) is 1. The van der Waals surface area contributed by atoms with Crippen LogP contribution in [0.5, 0.6) is 0 Å². The molecular formula is C19H27N. The molecule has 1 fully saturated rings. The van der Waals surface area contributed by atoms with Crippen molar-refractivity contribution in [1.82, 2.24) is 5.32 Å². The van der Waals surface area contributed by atoms with E-state index in [1.807, 2.05) is 0 Å². The fourth-order valence-corrected chi connectivity index (χ4v) is 3.69. The van der Waals surface area contributed by atoms with Gasteiger partial charge >= 0.3 is 0 Å². The molecule has 1 N–H and O–H groups in total. The van der Waals surface area contributed by atoms with E-state index in [4.69, 9.17) is 6.42 Å². The molecule has 20 heavy (non-hydrogen) atoms. The van der Waals surface area contributed by atoms with Gasteiger partial charge in [-0.25, -0.2) is 0 Å². The highest BCUT2D eigenvalue weighted by molar-refractivity contribution is 5.29. The third-order valence-electron chi connectivity index (χ3n) is 4.72. The summed E-state index contributed by atoms with van der Waals surface area (Å²) in [7, 11) is 0. The van der Waals surface area contributed by atoms with E-state index >= 15 is 0 Å². The predicted molar refractivity (Wildman–Crippen MR) is 86.7 cm³/mol. The Morgan fingerprint density at radius 1 is 1.20 bits per heavy atom. The average Bonchev–Trinajstić information content (AvgIpc) is 2.53. The molecule has 0 heterocycles. The van der Waals surface area contributed by atoms with Crippen molar-refractivity contribution in [3.63, 3.8) is 0 Å². The molecule has 0 spiro atoms. The lowest BCUT2D eigenvalue weighted by Gasteiger charge is -2.44. The second kappa shape index (κ2) is 7.50. The summed E-state index contributed by atoms with van der Waals surface area (Å²) in [6.45, 7) is 3.27. The number of hydrogen-bond donors (Lipinski definition) is 1. The first-order valence-corrected chi connectivity index (χ1v) is 8.06. The Hall–Kier alpha value is -1.26. The Kier molecular flexibility index (Phi) is 5.68. The molecule has 1 aliphatic carbocycles. The fourth-order valence-electron chi connectivity index (χ4n) is 3.69. The van der Waals surface area contributed by atoms with Crippen molar-refractivity contribution in [1.29, 1.82) is 0 Å². The van der Waals surface area contributed by atoms with Crippen molar-refractivity contribution in [3.05, 3.63) is 35.9 Å². The Labute approximate surface area is 124 Å². The first-order chi connectivity index (χ1) is 9.83. The lowest BCUT2D eigenvalue weighted by atomic mass is 9.64. The summed E-state index contributed by atoms with van der Waals surface area (Å²) in [6.07, 6.45) is 14.2. The van der Waals surface area contributed by atoms with E-state index in [9.17, 15) is 0 Å². The van der Waals surface area contributed by atoms with Gasteiger partial charge in [0.05, 0.1) is 0 Å². The third kappa shape index (κ3) is 3.25. The lowest BCUT2D eigenvalue weighted by molar-refractivity contribution is 0.214. The Bertz CT molecular complexity index is 423. The van der Waals surface area contributed by atoms with Gasteiger partial charge in [0, 0.05) is 17.9 Å². The van der Waals surface area contributed by atoms with E-state index in [1.165, 1.54) is 37.7 Å². The number of terminal acetylenes is 1. The average molecular weight is 269 g/mol. The molecule has 1 aromatic carbocycles. The zero-order valence-corrected chi connectivity index (χ0v) is 12.7. The molecule has 0 aliphatic heterocycles. The molecule has 0 amide bonds. The quantitative estimate of drug-likeness (QED) is 0.760. The van der Waals surface area contributed by atoms with Gasteiger partial charge in [-0.1, -0.05) is 56.5 Å². The zero-order valence-electron chi connectivity index (χ0n) is 12.7. The summed E-state index contributed by atoms with van der Waals surface area (Å²) in [5.41, 5.74) is 1.71. The van der Waals surface area contributed by atoms with E-state index in [1.54, 1.807) is 0 Å². The molecule has 1 unspecified atom stereocenters. The lowest BCUT2D eigenvalue weighted by Crippen LogP contribution is -2.49. The van der Waals surface area contributed by atoms with Gasteiger partial charge in [-0.3, -0.25) is 0 Å². The van der Waals surface area contributed by atoms with Crippen molar-refractivity contribution in [2.45, 2.75) is 63.3 Å². The van der Waals surface area contributed by atoms with Crippen LogP contribution in [0.15, 0.2) is 30.3 Å². The second-order valence-electron chi connectivity index (χ2n) is 6.00. The monoisotopic (exact) mass is 269 g/mol. The SMILES string of the molecule is C#CCC(NCCC)C1(c2ccccc2)CCCCC1. The largest absolute Gasteiger partial charge is 0.312 e. The van der Waals surface area contributed by atoms with Crippen LogP contribution in [0.1, 0.15) is 57.4 Å². The molecule has 1 atom stereocenters. The van der Waals surface area contributed by atoms with Crippen LogP contribution in [-0.4, -0.2) is 12.6 Å². The van der Waals surface area contributed by atoms with Crippen LogP contribution < -0.4 is 5.32 Å². The van der Waals surface area contributed by atoms with Gasteiger partial charge in [0.2, 0.25) is 0 Å². The van der Waals surface area contributed by atoms with E-state index in [0.29, 0.717) is 6.04 Å². The van der Waals surface area contributed by atoms with E-state index in [0.717, 1.165) is 19.4 Å². The molecule has 1 nitrogen and oxygen atoms in total. The molecule has 1 aliphatic rings. The standard InChI is InChI=1S/C19H27N/c1-3-11-18(20-16-4-2)19(14-9-6-10-15-19)17-12-7-5-8-13-17/h1,5,7-8,12-13,18,20H,4,6,9-11,14-16H2,2H3. The van der Waals surface area contributed by atoms with Crippen LogP contribution in [0.2, 0.25) is 0 Å². The normalized spacial score (nSPS) is 19.2. The molecule has 0 bridgehead atoms. The maximum Gasteiger partial charge on any atom is 0.0273 e. The van der Waals surface area contributed by atoms with Crippen LogP contribution in [0.3, 0.4) is 0 Å². The van der Waals surface area contributed by atoms with Gasteiger partial charge in [0.25, 0.3) is 0 Å². The first-order valence-electron chi connectivity index (χ1n) is 8.06. The van der Waals surface area contributed by atoms with Gasteiger partial charge in [-0.2, -0.15) is 0 Å². The fraction of sp³-hybridized carbons (Fsp3) is 0.579. The van der Waals surface area contributed by atoms with E-state index in [2.05, 4.69) is 48.5 Å². The predicted octanol–water partition coefficient (Wildman–Crippen LogP) is 4.28. The van der Waals surface area contributed by atoms with Crippen molar-refractivity contribution >= 4 is 0 Å². The summed E-state index contributed by atoms with van der Waals surface area (Å²) in [5, 5.41) is 3.74. The molecule has 108 valence electrons. The van der Waals surface area contributed by atoms with Crippen molar-refractivity contribution in [3.8, 4) is 12.3 Å². The van der Waals surface area contributed by atoms with Crippen LogP contribution in [0.25, 0.3) is 0 Å². The van der Waals surface area contributed by atoms with Crippen molar-refractivity contribution < 1.29 is 0 Å².